The molecule has 60 heavy (non-hydrogen) atoms. The standard InChI is InChI=1S/C41H43ClF3N7O7S/c1-49(2)39(54)36-37(53)33-22-50(15-6-16-52(33)48-36)38-30-23-59-34(19-32(30)46-40(47-38)60(5,55)56)29-17-26(18-31(42)35(29)41(43,44)45)51(20-24-7-11-27(57-3)12-8-24)21-25-9-13-28(58-4)14-10-25/h7-14,17-18,34,53H,6,15-16,19-23H2,1-5H3. The maximum absolute atomic E-state index is 15.0. The number of nitrogens with zero attached hydrogens (tertiary/aromatic N) is 7. The lowest BCUT2D eigenvalue weighted by atomic mass is 9.94. The molecule has 0 aliphatic carbocycles. The fourth-order valence-electron chi connectivity index (χ4n) is 7.38. The molecule has 14 nitrogen and oxygen atoms in total. The topological polar surface area (TPSA) is 152 Å². The van der Waals surface area contributed by atoms with E-state index in [9.17, 15) is 18.3 Å². The second kappa shape index (κ2) is 16.8. The van der Waals surface area contributed by atoms with Crippen LogP contribution in [0.2, 0.25) is 5.02 Å². The summed E-state index contributed by atoms with van der Waals surface area (Å²) in [5, 5.41) is 14.4. The van der Waals surface area contributed by atoms with Crippen LogP contribution in [0, 0.1) is 0 Å². The van der Waals surface area contributed by atoms with Crippen LogP contribution in [0.15, 0.2) is 65.8 Å². The minimum absolute atomic E-state index is 0.0102. The molecule has 5 aromatic rings. The summed E-state index contributed by atoms with van der Waals surface area (Å²) in [7, 11) is 2.15. The molecule has 2 aliphatic rings. The Bertz CT molecular complexity index is 2470. The molecule has 0 bridgehead atoms. The first-order chi connectivity index (χ1) is 28.4. The normalized spacial score (nSPS) is 15.5. The highest BCUT2D eigenvalue weighted by Gasteiger charge is 2.41. The van der Waals surface area contributed by atoms with Crippen molar-refractivity contribution in [1.29, 1.82) is 0 Å². The third kappa shape index (κ3) is 8.81. The van der Waals surface area contributed by atoms with Crippen LogP contribution in [-0.2, 0) is 60.0 Å². The van der Waals surface area contributed by atoms with Crippen molar-refractivity contribution < 1.29 is 45.7 Å². The molecule has 0 radical (unpaired) electrons. The van der Waals surface area contributed by atoms with Gasteiger partial charge in [0.05, 0.1) is 49.8 Å². The largest absolute Gasteiger partial charge is 0.504 e. The number of carbonyl (C=O) groups excluding carboxylic acids is 1. The van der Waals surface area contributed by atoms with Gasteiger partial charge in [0.1, 0.15) is 23.0 Å². The first-order valence-corrected chi connectivity index (χ1v) is 21.1. The lowest BCUT2D eigenvalue weighted by molar-refractivity contribution is -0.139. The molecule has 19 heteroatoms. The predicted molar refractivity (Wildman–Crippen MR) is 216 cm³/mol. The number of aromatic nitrogens is 4. The number of hydrogen-bond donors (Lipinski definition) is 1. The molecule has 0 fully saturated rings. The summed E-state index contributed by atoms with van der Waals surface area (Å²) in [5.41, 5.74) is 1.53. The van der Waals surface area contributed by atoms with E-state index in [1.54, 1.807) is 43.4 Å². The molecular weight excluding hydrogens is 827 g/mol. The molecule has 1 amide bonds. The number of fused-ring (bicyclic) bond motifs is 2. The Kier molecular flexibility index (Phi) is 11.9. The molecular formula is C41H43ClF3N7O7S. The molecule has 7 rings (SSSR count). The molecule has 1 atom stereocenters. The highest BCUT2D eigenvalue weighted by molar-refractivity contribution is 7.90. The third-order valence-corrected chi connectivity index (χ3v) is 11.6. The van der Waals surface area contributed by atoms with Gasteiger partial charge in [-0.15, -0.1) is 0 Å². The lowest BCUT2D eigenvalue weighted by Gasteiger charge is -2.33. The average Bonchev–Trinajstić information content (AvgIpc) is 3.36. The van der Waals surface area contributed by atoms with Crippen LogP contribution in [-0.4, -0.2) is 85.2 Å². The number of anilines is 2. The van der Waals surface area contributed by atoms with Gasteiger partial charge >= 0.3 is 6.18 Å². The monoisotopic (exact) mass is 869 g/mol. The number of carbonyl (C=O) groups is 1. The van der Waals surface area contributed by atoms with Gasteiger partial charge in [0, 0.05) is 64.2 Å². The van der Waals surface area contributed by atoms with Crippen LogP contribution in [0.4, 0.5) is 24.7 Å². The number of aryl methyl sites for hydroxylation is 1. The van der Waals surface area contributed by atoms with Crippen LogP contribution >= 0.6 is 11.6 Å². The maximum Gasteiger partial charge on any atom is 0.418 e. The highest BCUT2D eigenvalue weighted by Crippen LogP contribution is 2.46. The molecule has 3 aromatic carbocycles. The van der Waals surface area contributed by atoms with Gasteiger partial charge < -0.3 is 34.0 Å². The minimum atomic E-state index is -4.88. The Labute approximate surface area is 350 Å². The molecule has 2 aromatic heterocycles. The van der Waals surface area contributed by atoms with Gasteiger partial charge in [-0.25, -0.2) is 18.4 Å². The number of hydrogen-bond acceptors (Lipinski definition) is 12. The summed E-state index contributed by atoms with van der Waals surface area (Å²) in [6.07, 6.45) is -4.96. The molecule has 0 spiro atoms. The minimum Gasteiger partial charge on any atom is -0.504 e. The van der Waals surface area contributed by atoms with E-state index in [2.05, 4.69) is 15.1 Å². The van der Waals surface area contributed by atoms with Crippen LogP contribution in [0.25, 0.3) is 0 Å². The smallest absolute Gasteiger partial charge is 0.418 e. The van der Waals surface area contributed by atoms with Gasteiger partial charge in [0.15, 0.2) is 11.4 Å². The number of aromatic hydroxyl groups is 1. The van der Waals surface area contributed by atoms with Gasteiger partial charge in [-0.3, -0.25) is 9.48 Å². The van der Waals surface area contributed by atoms with Gasteiger partial charge in [-0.2, -0.15) is 18.3 Å². The van der Waals surface area contributed by atoms with E-state index in [-0.39, 0.29) is 61.2 Å². The zero-order valence-electron chi connectivity index (χ0n) is 33.5. The van der Waals surface area contributed by atoms with Crippen molar-refractivity contribution in [2.75, 3.05) is 50.9 Å². The number of rotatable bonds is 11. The van der Waals surface area contributed by atoms with Gasteiger partial charge in [0.2, 0.25) is 15.0 Å². The van der Waals surface area contributed by atoms with Crippen LogP contribution in [0.1, 0.15) is 62.2 Å². The molecule has 318 valence electrons. The van der Waals surface area contributed by atoms with Gasteiger partial charge in [-0.1, -0.05) is 35.9 Å². The van der Waals surface area contributed by atoms with Crippen LogP contribution < -0.4 is 19.3 Å². The average molecular weight is 870 g/mol. The summed E-state index contributed by atoms with van der Waals surface area (Å²) in [5.74, 6) is 0.665. The van der Waals surface area contributed by atoms with Crippen LogP contribution in [0.5, 0.6) is 17.2 Å². The highest BCUT2D eigenvalue weighted by atomic mass is 35.5. The molecule has 0 saturated carbocycles. The van der Waals surface area contributed by atoms with E-state index >= 15 is 13.2 Å². The number of alkyl halides is 3. The number of methoxy groups -OCH3 is 2. The van der Waals surface area contributed by atoms with Gasteiger partial charge in [0.25, 0.3) is 5.91 Å². The molecule has 0 saturated heterocycles. The summed E-state index contributed by atoms with van der Waals surface area (Å²) in [6, 6.07) is 17.4. The van der Waals surface area contributed by atoms with Crippen molar-refractivity contribution in [3.63, 3.8) is 0 Å². The quantitative estimate of drug-likeness (QED) is 0.142. The van der Waals surface area contributed by atoms with E-state index in [1.165, 1.54) is 35.8 Å². The van der Waals surface area contributed by atoms with E-state index < -0.39 is 43.8 Å². The summed E-state index contributed by atoms with van der Waals surface area (Å²) < 4.78 is 89.5. The number of ether oxygens (including phenoxy) is 3. The van der Waals surface area contributed by atoms with E-state index in [1.807, 2.05) is 29.2 Å². The molecule has 1 N–H and O–H groups in total. The fraction of sp³-hybridized carbons (Fsp3) is 0.366. The van der Waals surface area contributed by atoms with E-state index in [0.717, 1.165) is 17.4 Å². The predicted octanol–water partition coefficient (Wildman–Crippen LogP) is 6.60. The van der Waals surface area contributed by atoms with Crippen molar-refractivity contribution in [2.24, 2.45) is 0 Å². The van der Waals surface area contributed by atoms with Crippen molar-refractivity contribution >= 4 is 38.9 Å². The van der Waals surface area contributed by atoms with Crippen molar-refractivity contribution in [3.05, 3.63) is 111 Å². The first-order valence-electron chi connectivity index (χ1n) is 18.8. The Morgan fingerprint density at radius 1 is 0.983 bits per heavy atom. The third-order valence-electron chi connectivity index (χ3n) is 10.4. The van der Waals surface area contributed by atoms with E-state index in [0.29, 0.717) is 48.0 Å². The molecule has 1 unspecified atom stereocenters. The zero-order valence-corrected chi connectivity index (χ0v) is 35.0. The number of halogens is 4. The maximum atomic E-state index is 15.0. The summed E-state index contributed by atoms with van der Waals surface area (Å²) >= 11 is 6.59. The van der Waals surface area contributed by atoms with Crippen molar-refractivity contribution in [2.45, 2.75) is 63.1 Å². The fourth-order valence-corrected chi connectivity index (χ4v) is 8.24. The van der Waals surface area contributed by atoms with E-state index in [4.69, 9.17) is 25.8 Å². The number of amides is 1. The Morgan fingerprint density at radius 2 is 1.60 bits per heavy atom. The van der Waals surface area contributed by atoms with Crippen molar-refractivity contribution in [3.8, 4) is 17.2 Å². The Hall–Kier alpha value is -5.59. The summed E-state index contributed by atoms with van der Waals surface area (Å²) in [4.78, 5) is 26.5. The SMILES string of the molecule is COc1ccc(CN(Cc2ccc(OC)cc2)c2cc(Cl)c(C(F)(F)F)c(C3Cc4nc(S(C)(=O)=O)nc(N5CCCn6nc(C(=O)N(C)C)c(O)c6C5)c4CO3)c2)cc1. The summed E-state index contributed by atoms with van der Waals surface area (Å²) in [6.45, 7) is 0.972. The number of sulfone groups is 1. The number of benzene rings is 3. The zero-order chi connectivity index (χ0) is 43.1. The Morgan fingerprint density at radius 3 is 2.15 bits per heavy atom. The van der Waals surface area contributed by atoms with Gasteiger partial charge in [-0.05, 0) is 59.5 Å². The molecule has 4 heterocycles. The lowest BCUT2D eigenvalue weighted by Crippen LogP contribution is -2.30. The second-order valence-corrected chi connectivity index (χ2v) is 17.1. The Balaban J connectivity index is 1.29. The molecule has 2 aliphatic heterocycles. The first kappa shape index (κ1) is 42.5. The van der Waals surface area contributed by atoms with Crippen LogP contribution in [0.3, 0.4) is 0 Å². The second-order valence-electron chi connectivity index (χ2n) is 14.8. The van der Waals surface area contributed by atoms with Crippen molar-refractivity contribution in [1.82, 2.24) is 24.6 Å².